The summed E-state index contributed by atoms with van der Waals surface area (Å²) in [6.07, 6.45) is 0. The number of azo groups is 1. The van der Waals surface area contributed by atoms with E-state index < -0.39 is 0 Å². The van der Waals surface area contributed by atoms with Gasteiger partial charge in [0.25, 0.3) is 0 Å². The number of aromatic hydroxyl groups is 1. The van der Waals surface area contributed by atoms with Gasteiger partial charge in [-0.1, -0.05) is 18.2 Å². The number of fused-ring (bicyclic) bond motifs is 1. The Labute approximate surface area is 146 Å². The zero-order chi connectivity index (χ0) is 17.4. The fourth-order valence-electron chi connectivity index (χ4n) is 2.29. The number of hydrogen-bond acceptors (Lipinski definition) is 5. The Balaban J connectivity index is 2.23. The molecule has 0 saturated carbocycles. The second kappa shape index (κ2) is 9.31. The van der Waals surface area contributed by atoms with Gasteiger partial charge in [0.15, 0.2) is 5.69 Å². The summed E-state index contributed by atoms with van der Waals surface area (Å²) in [7, 11) is 1.61. The van der Waals surface area contributed by atoms with E-state index >= 15 is 0 Å². The van der Waals surface area contributed by atoms with Gasteiger partial charge in [-0.2, -0.15) is 0 Å². The maximum atomic E-state index is 10.5. The van der Waals surface area contributed by atoms with Crippen LogP contribution in [-0.4, -0.2) is 48.3 Å². The molecular formula is C16H22N4O3S. The molecule has 0 atom stereocenters. The van der Waals surface area contributed by atoms with E-state index in [1.807, 2.05) is 31.2 Å². The van der Waals surface area contributed by atoms with Crippen molar-refractivity contribution in [1.29, 1.82) is 0 Å². The lowest BCUT2D eigenvalue weighted by Gasteiger charge is -2.06. The van der Waals surface area contributed by atoms with E-state index in [9.17, 15) is 5.11 Å². The largest absolute Gasteiger partial charge is 0.493 e. The number of methoxy groups -OCH3 is 1. The molecule has 130 valence electrons. The van der Waals surface area contributed by atoms with E-state index in [-0.39, 0.29) is 11.0 Å². The minimum Gasteiger partial charge on any atom is -0.493 e. The highest BCUT2D eigenvalue weighted by Crippen LogP contribution is 2.38. The van der Waals surface area contributed by atoms with E-state index in [0.29, 0.717) is 38.6 Å². The lowest BCUT2D eigenvalue weighted by Crippen LogP contribution is -2.23. The highest BCUT2D eigenvalue weighted by Gasteiger charge is 2.16. The van der Waals surface area contributed by atoms with Crippen molar-refractivity contribution in [1.82, 2.24) is 9.88 Å². The number of rotatable bonds is 8. The predicted octanol–water partition coefficient (Wildman–Crippen LogP) is 2.99. The van der Waals surface area contributed by atoms with Gasteiger partial charge >= 0.3 is 0 Å². The molecule has 0 fully saturated rings. The fraction of sp³-hybridized carbons (Fsp3) is 0.438. The van der Waals surface area contributed by atoms with Crippen molar-refractivity contribution in [3.8, 4) is 5.88 Å². The molecule has 0 amide bonds. The molecule has 1 aromatic carbocycles. The first kappa shape index (κ1) is 18.3. The molecular weight excluding hydrogens is 328 g/mol. The number of para-hydroxylation sites is 1. The summed E-state index contributed by atoms with van der Waals surface area (Å²) >= 11 is 5.09. The number of benzene rings is 1. The molecule has 0 unspecified atom stereocenters. The summed E-state index contributed by atoms with van der Waals surface area (Å²) in [5, 5.41) is 22.6. The van der Waals surface area contributed by atoms with Gasteiger partial charge in [0, 0.05) is 32.2 Å². The summed E-state index contributed by atoms with van der Waals surface area (Å²) in [4.78, 5) is 0. The van der Waals surface area contributed by atoms with Gasteiger partial charge in [-0.3, -0.25) is 0 Å². The number of hydrogen-bond donors (Lipinski definition) is 2. The Hall–Kier alpha value is -2.03. The molecule has 2 N–H and O–H groups in total. The standard InChI is InChI=1S/C16H22N4O3S/c1-3-23-11-9-20-13-7-5-4-6-12(13)14(15(20)21)18-19-16(24)17-8-10-22-2/h4-7,21H,3,8-11H2,1-2H3,(H,17,24). The van der Waals surface area contributed by atoms with Gasteiger partial charge in [0.05, 0.1) is 18.7 Å². The first-order valence-corrected chi connectivity index (χ1v) is 8.16. The molecule has 2 aromatic rings. The van der Waals surface area contributed by atoms with Gasteiger partial charge in [-0.15, -0.1) is 10.2 Å². The third-order valence-electron chi connectivity index (χ3n) is 3.40. The van der Waals surface area contributed by atoms with Crippen LogP contribution in [0.25, 0.3) is 10.9 Å². The molecule has 8 heteroatoms. The van der Waals surface area contributed by atoms with Gasteiger partial charge < -0.3 is 24.5 Å². The average Bonchev–Trinajstić information content (AvgIpc) is 2.85. The molecule has 2 rings (SSSR count). The number of aromatic nitrogens is 1. The first-order valence-electron chi connectivity index (χ1n) is 7.75. The van der Waals surface area contributed by atoms with Gasteiger partial charge in [0.2, 0.25) is 11.0 Å². The third kappa shape index (κ3) is 4.50. The van der Waals surface area contributed by atoms with Crippen molar-refractivity contribution in [3.05, 3.63) is 24.3 Å². The van der Waals surface area contributed by atoms with Crippen molar-refractivity contribution in [2.75, 3.05) is 33.5 Å². The van der Waals surface area contributed by atoms with Crippen molar-refractivity contribution in [2.45, 2.75) is 13.5 Å². The van der Waals surface area contributed by atoms with Crippen LogP contribution in [0.5, 0.6) is 5.88 Å². The molecule has 24 heavy (non-hydrogen) atoms. The van der Waals surface area contributed by atoms with Crippen LogP contribution in [0.1, 0.15) is 6.92 Å². The highest BCUT2D eigenvalue weighted by molar-refractivity contribution is 7.80. The SMILES string of the molecule is CCOCCn1c(O)c(N=NC(=S)NCCOC)c2ccccc21. The number of ether oxygens (including phenoxy) is 2. The molecule has 0 aliphatic carbocycles. The number of nitrogens with one attached hydrogen (secondary N) is 1. The van der Waals surface area contributed by atoms with Crippen molar-refractivity contribution >= 4 is 33.9 Å². The second-order valence-electron chi connectivity index (χ2n) is 4.96. The van der Waals surface area contributed by atoms with Crippen LogP contribution in [0.15, 0.2) is 34.5 Å². The molecule has 1 aromatic heterocycles. The van der Waals surface area contributed by atoms with Crippen LogP contribution in [-0.2, 0) is 16.0 Å². The van der Waals surface area contributed by atoms with Gasteiger partial charge in [-0.25, -0.2) is 0 Å². The highest BCUT2D eigenvalue weighted by atomic mass is 32.1. The molecule has 1 heterocycles. The van der Waals surface area contributed by atoms with Crippen molar-refractivity contribution < 1.29 is 14.6 Å². The Morgan fingerprint density at radius 3 is 2.88 bits per heavy atom. The van der Waals surface area contributed by atoms with E-state index in [4.69, 9.17) is 21.7 Å². The first-order chi connectivity index (χ1) is 11.7. The van der Waals surface area contributed by atoms with E-state index in [2.05, 4.69) is 15.5 Å². The van der Waals surface area contributed by atoms with Crippen molar-refractivity contribution in [3.63, 3.8) is 0 Å². The normalized spacial score (nSPS) is 11.4. The van der Waals surface area contributed by atoms with Crippen LogP contribution >= 0.6 is 12.2 Å². The maximum Gasteiger partial charge on any atom is 0.220 e. The summed E-state index contributed by atoms with van der Waals surface area (Å²) in [5.41, 5.74) is 1.28. The quantitative estimate of drug-likeness (QED) is 0.435. The molecule has 0 spiro atoms. The summed E-state index contributed by atoms with van der Waals surface area (Å²) in [5.74, 6) is 0.0549. The van der Waals surface area contributed by atoms with E-state index in [0.717, 1.165) is 10.9 Å². The molecule has 0 bridgehead atoms. The van der Waals surface area contributed by atoms with Crippen LogP contribution in [0.3, 0.4) is 0 Å². The summed E-state index contributed by atoms with van der Waals surface area (Å²) < 4.78 is 12.1. The molecule has 0 saturated heterocycles. The molecule has 0 aliphatic heterocycles. The Bertz CT molecular complexity index is 715. The molecule has 7 nitrogen and oxygen atoms in total. The minimum atomic E-state index is 0.0549. The number of nitrogens with zero attached hydrogens (tertiary/aromatic N) is 3. The fourth-order valence-corrected chi connectivity index (χ4v) is 2.43. The summed E-state index contributed by atoms with van der Waals surface area (Å²) in [6.45, 7) is 4.69. The van der Waals surface area contributed by atoms with Crippen LogP contribution in [0.4, 0.5) is 5.69 Å². The summed E-state index contributed by atoms with van der Waals surface area (Å²) in [6, 6.07) is 7.62. The smallest absolute Gasteiger partial charge is 0.220 e. The average molecular weight is 350 g/mol. The van der Waals surface area contributed by atoms with E-state index in [1.54, 1.807) is 11.7 Å². The Morgan fingerprint density at radius 2 is 2.12 bits per heavy atom. The third-order valence-corrected chi connectivity index (χ3v) is 3.63. The van der Waals surface area contributed by atoms with Gasteiger partial charge in [0.1, 0.15) is 0 Å². The molecule has 0 aliphatic rings. The second-order valence-corrected chi connectivity index (χ2v) is 5.35. The van der Waals surface area contributed by atoms with E-state index in [1.165, 1.54) is 0 Å². The van der Waals surface area contributed by atoms with Crippen molar-refractivity contribution in [2.24, 2.45) is 10.2 Å². The zero-order valence-electron chi connectivity index (χ0n) is 13.9. The molecule has 0 radical (unpaired) electrons. The minimum absolute atomic E-state index is 0.0549. The number of thiocarbonyl (C=S) groups is 1. The van der Waals surface area contributed by atoms with Gasteiger partial charge in [-0.05, 0) is 25.2 Å². The van der Waals surface area contributed by atoms with Crippen LogP contribution < -0.4 is 5.32 Å². The van der Waals surface area contributed by atoms with Crippen LogP contribution in [0.2, 0.25) is 0 Å². The maximum absolute atomic E-state index is 10.5. The monoisotopic (exact) mass is 350 g/mol. The van der Waals surface area contributed by atoms with Crippen LogP contribution in [0, 0.1) is 0 Å². The predicted molar refractivity (Wildman–Crippen MR) is 97.1 cm³/mol. The topological polar surface area (TPSA) is 80.4 Å². The Morgan fingerprint density at radius 1 is 1.33 bits per heavy atom. The zero-order valence-corrected chi connectivity index (χ0v) is 14.7. The Kier molecular flexibility index (Phi) is 7.10. The lowest BCUT2D eigenvalue weighted by molar-refractivity contribution is 0.138. The lowest BCUT2D eigenvalue weighted by atomic mass is 10.2.